The molecule has 0 aliphatic heterocycles. The third-order valence-electron chi connectivity index (χ3n) is 4.28. The van der Waals surface area contributed by atoms with Gasteiger partial charge in [0, 0.05) is 16.1 Å². The van der Waals surface area contributed by atoms with Crippen LogP contribution in [-0.4, -0.2) is 14.9 Å². The fraction of sp³-hybridized carbons (Fsp3) is 0.0455. The number of benzene rings is 3. The van der Waals surface area contributed by atoms with Gasteiger partial charge >= 0.3 is 0 Å². The number of hydrogen-bond donors (Lipinski definition) is 1. The van der Waals surface area contributed by atoms with Crippen LogP contribution in [0.1, 0.15) is 5.56 Å². The Labute approximate surface area is 157 Å². The van der Waals surface area contributed by atoms with Gasteiger partial charge in [0.2, 0.25) is 0 Å². The molecule has 26 heavy (non-hydrogen) atoms. The molecule has 4 rings (SSSR count). The van der Waals surface area contributed by atoms with Crippen molar-refractivity contribution in [2.45, 2.75) is 6.54 Å². The van der Waals surface area contributed by atoms with E-state index in [1.54, 1.807) is 6.07 Å². The minimum atomic E-state index is 0.240. The van der Waals surface area contributed by atoms with Crippen molar-refractivity contribution < 1.29 is 5.11 Å². The first-order valence-electron chi connectivity index (χ1n) is 8.37. The summed E-state index contributed by atoms with van der Waals surface area (Å²) in [6.45, 7) is 0.591. The summed E-state index contributed by atoms with van der Waals surface area (Å²) in [5, 5.41) is 15.8. The van der Waals surface area contributed by atoms with Crippen LogP contribution in [0.25, 0.3) is 22.5 Å². The fourth-order valence-corrected chi connectivity index (χ4v) is 3.08. The lowest BCUT2D eigenvalue weighted by Crippen LogP contribution is -2.04. The van der Waals surface area contributed by atoms with Gasteiger partial charge in [0.25, 0.3) is 0 Å². The summed E-state index contributed by atoms with van der Waals surface area (Å²) in [5.41, 5.74) is 4.64. The number of halogens is 1. The second kappa shape index (κ2) is 7.06. The molecule has 0 saturated heterocycles. The normalized spacial score (nSPS) is 10.8. The zero-order valence-corrected chi connectivity index (χ0v) is 14.8. The Morgan fingerprint density at radius 1 is 0.846 bits per heavy atom. The first kappa shape index (κ1) is 16.4. The molecule has 0 atom stereocenters. The first-order valence-corrected chi connectivity index (χ1v) is 8.74. The van der Waals surface area contributed by atoms with E-state index >= 15 is 0 Å². The maximum Gasteiger partial charge on any atom is 0.124 e. The van der Waals surface area contributed by atoms with E-state index in [0.29, 0.717) is 11.6 Å². The summed E-state index contributed by atoms with van der Waals surface area (Å²) in [7, 11) is 0. The molecular formula is C22H17ClN2O. The highest BCUT2D eigenvalue weighted by Crippen LogP contribution is 2.32. The molecule has 3 nitrogen and oxygen atoms in total. The first-order chi connectivity index (χ1) is 12.7. The number of aromatic nitrogens is 2. The highest BCUT2D eigenvalue weighted by molar-refractivity contribution is 6.30. The van der Waals surface area contributed by atoms with Gasteiger partial charge in [0.05, 0.1) is 17.9 Å². The molecule has 0 fully saturated rings. The number of rotatable bonds is 4. The van der Waals surface area contributed by atoms with Crippen LogP contribution in [0.4, 0.5) is 0 Å². The Morgan fingerprint density at radius 2 is 1.54 bits per heavy atom. The average molecular weight is 361 g/mol. The molecule has 1 aromatic heterocycles. The van der Waals surface area contributed by atoms with Crippen molar-refractivity contribution in [2.24, 2.45) is 0 Å². The molecule has 4 aromatic rings. The zero-order chi connectivity index (χ0) is 17.9. The highest BCUT2D eigenvalue weighted by Gasteiger charge is 2.14. The Morgan fingerprint density at radius 3 is 2.27 bits per heavy atom. The topological polar surface area (TPSA) is 38.1 Å². The largest absolute Gasteiger partial charge is 0.507 e. The van der Waals surface area contributed by atoms with Crippen LogP contribution in [0, 0.1) is 0 Å². The molecule has 0 radical (unpaired) electrons. The van der Waals surface area contributed by atoms with Gasteiger partial charge in [0.1, 0.15) is 5.75 Å². The SMILES string of the molecule is Oc1ccccc1-c1cc(-c2ccccc2)nn1Cc1ccc(Cl)cc1. The van der Waals surface area contributed by atoms with E-state index in [1.807, 2.05) is 83.5 Å². The molecule has 1 N–H and O–H groups in total. The van der Waals surface area contributed by atoms with Gasteiger partial charge in [-0.1, -0.05) is 66.2 Å². The van der Waals surface area contributed by atoms with Crippen LogP contribution >= 0.6 is 11.6 Å². The molecule has 1 heterocycles. The van der Waals surface area contributed by atoms with Crippen molar-refractivity contribution in [1.29, 1.82) is 0 Å². The number of hydrogen-bond acceptors (Lipinski definition) is 2. The molecule has 4 heteroatoms. The number of nitrogens with zero attached hydrogens (tertiary/aromatic N) is 2. The Hall–Kier alpha value is -3.04. The third kappa shape index (κ3) is 3.35. The summed E-state index contributed by atoms with van der Waals surface area (Å²) >= 11 is 5.99. The Bertz CT molecular complexity index is 1020. The minimum Gasteiger partial charge on any atom is -0.507 e. The molecule has 0 amide bonds. The van der Waals surface area contributed by atoms with Crippen molar-refractivity contribution in [2.75, 3.05) is 0 Å². The minimum absolute atomic E-state index is 0.240. The molecular weight excluding hydrogens is 344 g/mol. The molecule has 3 aromatic carbocycles. The van der Waals surface area contributed by atoms with E-state index in [-0.39, 0.29) is 5.75 Å². The van der Waals surface area contributed by atoms with Crippen LogP contribution in [0.2, 0.25) is 5.02 Å². The number of phenols is 1. The van der Waals surface area contributed by atoms with Crippen LogP contribution in [-0.2, 0) is 6.54 Å². The van der Waals surface area contributed by atoms with Gasteiger partial charge in [-0.2, -0.15) is 5.10 Å². The van der Waals surface area contributed by atoms with Gasteiger partial charge in [0.15, 0.2) is 0 Å². The van der Waals surface area contributed by atoms with Gasteiger partial charge < -0.3 is 5.11 Å². The maximum atomic E-state index is 10.3. The molecule has 0 aliphatic rings. The Kier molecular flexibility index (Phi) is 4.46. The molecule has 128 valence electrons. The van der Waals surface area contributed by atoms with Gasteiger partial charge in [-0.05, 0) is 35.9 Å². The smallest absolute Gasteiger partial charge is 0.124 e. The standard InChI is InChI=1S/C22H17ClN2O/c23-18-12-10-16(11-13-18)15-25-21(19-8-4-5-9-22(19)26)14-20(24-25)17-6-2-1-3-7-17/h1-14,26H,15H2. The third-order valence-corrected chi connectivity index (χ3v) is 4.53. The van der Waals surface area contributed by atoms with Crippen LogP contribution in [0.15, 0.2) is 84.9 Å². The van der Waals surface area contributed by atoms with E-state index in [9.17, 15) is 5.11 Å². The van der Waals surface area contributed by atoms with Gasteiger partial charge in [-0.3, -0.25) is 4.68 Å². The molecule has 0 saturated carbocycles. The summed E-state index contributed by atoms with van der Waals surface area (Å²) in [4.78, 5) is 0. The van der Waals surface area contributed by atoms with E-state index in [0.717, 1.165) is 28.1 Å². The fourth-order valence-electron chi connectivity index (χ4n) is 2.96. The molecule has 0 aliphatic carbocycles. The second-order valence-electron chi connectivity index (χ2n) is 6.08. The predicted molar refractivity (Wildman–Crippen MR) is 105 cm³/mol. The number of para-hydroxylation sites is 1. The van der Waals surface area contributed by atoms with Crippen LogP contribution in [0.3, 0.4) is 0 Å². The van der Waals surface area contributed by atoms with Crippen molar-refractivity contribution in [3.63, 3.8) is 0 Å². The van der Waals surface area contributed by atoms with Crippen molar-refractivity contribution in [3.8, 4) is 28.3 Å². The van der Waals surface area contributed by atoms with Crippen molar-refractivity contribution in [1.82, 2.24) is 9.78 Å². The lowest BCUT2D eigenvalue weighted by atomic mass is 10.1. The summed E-state index contributed by atoms with van der Waals surface area (Å²) in [6.07, 6.45) is 0. The maximum absolute atomic E-state index is 10.3. The molecule has 0 bridgehead atoms. The number of phenolic OH excluding ortho intramolecular Hbond substituents is 1. The summed E-state index contributed by atoms with van der Waals surface area (Å²) in [6, 6.07) is 27.1. The van der Waals surface area contributed by atoms with E-state index in [1.165, 1.54) is 0 Å². The lowest BCUT2D eigenvalue weighted by molar-refractivity contribution is 0.476. The molecule has 0 spiro atoms. The lowest BCUT2D eigenvalue weighted by Gasteiger charge is -2.09. The molecule has 0 unspecified atom stereocenters. The Balaban J connectivity index is 1.81. The highest BCUT2D eigenvalue weighted by atomic mass is 35.5. The second-order valence-corrected chi connectivity index (χ2v) is 6.52. The summed E-state index contributed by atoms with van der Waals surface area (Å²) in [5.74, 6) is 0.240. The van der Waals surface area contributed by atoms with E-state index in [4.69, 9.17) is 16.7 Å². The van der Waals surface area contributed by atoms with Gasteiger partial charge in [-0.15, -0.1) is 0 Å². The quantitative estimate of drug-likeness (QED) is 0.512. The monoisotopic (exact) mass is 360 g/mol. The van der Waals surface area contributed by atoms with Crippen molar-refractivity contribution >= 4 is 11.6 Å². The zero-order valence-electron chi connectivity index (χ0n) is 14.0. The van der Waals surface area contributed by atoms with E-state index in [2.05, 4.69) is 0 Å². The van der Waals surface area contributed by atoms with Crippen molar-refractivity contribution in [3.05, 3.63) is 95.5 Å². The number of aromatic hydroxyl groups is 1. The average Bonchev–Trinajstić information content (AvgIpc) is 3.08. The predicted octanol–water partition coefficient (Wildman–Crippen LogP) is 5.62. The van der Waals surface area contributed by atoms with E-state index < -0.39 is 0 Å². The van der Waals surface area contributed by atoms with Crippen LogP contribution < -0.4 is 0 Å². The summed E-state index contributed by atoms with van der Waals surface area (Å²) < 4.78 is 1.92. The van der Waals surface area contributed by atoms with Gasteiger partial charge in [-0.25, -0.2) is 0 Å². The van der Waals surface area contributed by atoms with Crippen LogP contribution in [0.5, 0.6) is 5.75 Å².